The molecule has 1 aromatic heterocycles. The molecule has 2 rings (SSSR count). The summed E-state index contributed by atoms with van der Waals surface area (Å²) in [6, 6.07) is 13.3. The summed E-state index contributed by atoms with van der Waals surface area (Å²) in [4.78, 5) is 0. The lowest BCUT2D eigenvalue weighted by Gasteiger charge is -2.25. The van der Waals surface area contributed by atoms with Crippen LogP contribution in [0.25, 0.3) is 11.3 Å². The number of hydrogen-bond donors (Lipinski definition) is 0. The number of aryl methyl sites for hydroxylation is 1. The van der Waals surface area contributed by atoms with Crippen molar-refractivity contribution in [3.63, 3.8) is 0 Å². The summed E-state index contributed by atoms with van der Waals surface area (Å²) in [6.07, 6.45) is 3.24. The van der Waals surface area contributed by atoms with Gasteiger partial charge in [-0.2, -0.15) is 0 Å². The maximum absolute atomic E-state index is 5.58. The van der Waals surface area contributed by atoms with E-state index in [9.17, 15) is 0 Å². The van der Waals surface area contributed by atoms with Gasteiger partial charge < -0.3 is 17.8 Å². The summed E-state index contributed by atoms with van der Waals surface area (Å²) >= 11 is 0. The Morgan fingerprint density at radius 1 is 0.955 bits per heavy atom. The summed E-state index contributed by atoms with van der Waals surface area (Å²) < 4.78 is 19.0. The van der Waals surface area contributed by atoms with Gasteiger partial charge in [-0.15, -0.1) is 0 Å². The highest BCUT2D eigenvalue weighted by Gasteiger charge is 2.38. The smallest absolute Gasteiger partial charge is 0.377 e. The first-order valence-corrected chi connectivity index (χ1v) is 9.51. The fourth-order valence-corrected chi connectivity index (χ4v) is 4.43. The van der Waals surface area contributed by atoms with Crippen LogP contribution in [-0.2, 0) is 25.9 Å². The predicted molar refractivity (Wildman–Crippen MR) is 90.6 cm³/mol. The highest BCUT2D eigenvalue weighted by Crippen LogP contribution is 2.27. The Morgan fingerprint density at radius 2 is 1.64 bits per heavy atom. The number of nitrogens with zero attached hydrogens (tertiary/aromatic N) is 1. The SMILES string of the molecule is CCCn1cccc1-c1ccccc1C[Si](OC)(OC)OC. The van der Waals surface area contributed by atoms with E-state index in [0.717, 1.165) is 13.0 Å². The molecule has 0 amide bonds. The summed E-state index contributed by atoms with van der Waals surface area (Å²) in [5.74, 6) is 0. The van der Waals surface area contributed by atoms with Crippen molar-refractivity contribution >= 4 is 8.80 Å². The van der Waals surface area contributed by atoms with Gasteiger partial charge in [-0.3, -0.25) is 0 Å². The molecule has 0 saturated carbocycles. The van der Waals surface area contributed by atoms with Crippen LogP contribution in [0.1, 0.15) is 18.9 Å². The van der Waals surface area contributed by atoms with Crippen LogP contribution in [-0.4, -0.2) is 34.7 Å². The van der Waals surface area contributed by atoms with Crippen molar-refractivity contribution in [3.05, 3.63) is 48.2 Å². The molecule has 0 fully saturated rings. The normalized spacial score (nSPS) is 11.8. The lowest BCUT2D eigenvalue weighted by Crippen LogP contribution is -2.45. The van der Waals surface area contributed by atoms with E-state index in [2.05, 4.69) is 48.0 Å². The standard InChI is InChI=1S/C17H25NO3Si/c1-5-12-18-13-8-11-17(18)16-10-7-6-9-15(16)14-22(19-2,20-3)21-4/h6-11,13H,5,12,14H2,1-4H3. The van der Waals surface area contributed by atoms with Crippen LogP contribution in [0.15, 0.2) is 42.6 Å². The van der Waals surface area contributed by atoms with Crippen LogP contribution in [0.5, 0.6) is 0 Å². The predicted octanol–water partition coefficient (Wildman–Crippen LogP) is 3.52. The van der Waals surface area contributed by atoms with Gasteiger partial charge in [0.15, 0.2) is 0 Å². The Hall–Kier alpha value is -1.40. The largest absolute Gasteiger partial charge is 0.504 e. The van der Waals surface area contributed by atoms with Crippen molar-refractivity contribution in [1.29, 1.82) is 0 Å². The van der Waals surface area contributed by atoms with E-state index < -0.39 is 8.80 Å². The van der Waals surface area contributed by atoms with Crippen molar-refractivity contribution in [1.82, 2.24) is 4.57 Å². The zero-order valence-electron chi connectivity index (χ0n) is 13.8. The van der Waals surface area contributed by atoms with E-state index in [4.69, 9.17) is 13.3 Å². The minimum absolute atomic E-state index is 0.657. The lowest BCUT2D eigenvalue weighted by molar-refractivity contribution is 0.123. The summed E-state index contributed by atoms with van der Waals surface area (Å²) in [6.45, 7) is 3.20. The van der Waals surface area contributed by atoms with Crippen LogP contribution < -0.4 is 0 Å². The molecule has 22 heavy (non-hydrogen) atoms. The minimum atomic E-state index is -2.65. The second kappa shape index (κ2) is 7.74. The highest BCUT2D eigenvalue weighted by atomic mass is 28.4. The van der Waals surface area contributed by atoms with Gasteiger partial charge in [0.25, 0.3) is 0 Å². The number of benzene rings is 1. The van der Waals surface area contributed by atoms with Crippen molar-refractivity contribution < 1.29 is 13.3 Å². The summed E-state index contributed by atoms with van der Waals surface area (Å²) in [5, 5.41) is 0. The molecule has 4 nitrogen and oxygen atoms in total. The summed E-state index contributed by atoms with van der Waals surface area (Å²) in [7, 11) is 2.32. The molecule has 0 N–H and O–H groups in total. The van der Waals surface area contributed by atoms with E-state index in [1.165, 1.54) is 16.8 Å². The van der Waals surface area contributed by atoms with Crippen molar-refractivity contribution in [3.8, 4) is 11.3 Å². The van der Waals surface area contributed by atoms with Gasteiger partial charge in [0, 0.05) is 51.4 Å². The third-order valence-corrected chi connectivity index (χ3v) is 6.61. The molecule has 0 aliphatic heterocycles. The third kappa shape index (κ3) is 3.49. The van der Waals surface area contributed by atoms with Gasteiger partial charge >= 0.3 is 8.80 Å². The van der Waals surface area contributed by atoms with E-state index in [1.54, 1.807) is 21.3 Å². The van der Waals surface area contributed by atoms with Crippen LogP contribution >= 0.6 is 0 Å². The van der Waals surface area contributed by atoms with Gasteiger partial charge in [-0.1, -0.05) is 31.2 Å². The van der Waals surface area contributed by atoms with E-state index in [1.807, 2.05) is 6.07 Å². The average Bonchev–Trinajstić information content (AvgIpc) is 3.02. The third-order valence-electron chi connectivity index (χ3n) is 3.93. The molecule has 0 radical (unpaired) electrons. The Morgan fingerprint density at radius 3 is 2.27 bits per heavy atom. The first kappa shape index (κ1) is 17.0. The maximum Gasteiger partial charge on any atom is 0.504 e. The van der Waals surface area contributed by atoms with Crippen molar-refractivity contribution in [2.24, 2.45) is 0 Å². The molecular weight excluding hydrogens is 294 g/mol. The Labute approximate surface area is 134 Å². The summed E-state index contributed by atoms with van der Waals surface area (Å²) in [5.41, 5.74) is 3.63. The molecule has 1 heterocycles. The lowest BCUT2D eigenvalue weighted by atomic mass is 10.1. The molecule has 0 aliphatic rings. The van der Waals surface area contributed by atoms with Crippen LogP contribution in [0.2, 0.25) is 0 Å². The highest BCUT2D eigenvalue weighted by molar-refractivity contribution is 6.60. The van der Waals surface area contributed by atoms with E-state index >= 15 is 0 Å². The second-order valence-corrected chi connectivity index (χ2v) is 8.16. The fourth-order valence-electron chi connectivity index (χ4n) is 2.72. The van der Waals surface area contributed by atoms with Gasteiger partial charge in [-0.25, -0.2) is 0 Å². The number of aromatic nitrogens is 1. The molecule has 0 spiro atoms. The fraction of sp³-hybridized carbons (Fsp3) is 0.412. The van der Waals surface area contributed by atoms with Gasteiger partial charge in [0.2, 0.25) is 0 Å². The van der Waals surface area contributed by atoms with E-state index in [-0.39, 0.29) is 0 Å². The first-order chi connectivity index (χ1) is 10.7. The number of rotatable bonds is 8. The van der Waals surface area contributed by atoms with Crippen LogP contribution in [0.4, 0.5) is 0 Å². The average molecular weight is 319 g/mol. The van der Waals surface area contributed by atoms with Gasteiger partial charge in [0.1, 0.15) is 0 Å². The number of hydrogen-bond acceptors (Lipinski definition) is 3. The van der Waals surface area contributed by atoms with Crippen molar-refractivity contribution in [2.45, 2.75) is 25.9 Å². The van der Waals surface area contributed by atoms with Gasteiger partial charge in [-0.05, 0) is 24.1 Å². The monoisotopic (exact) mass is 319 g/mol. The van der Waals surface area contributed by atoms with Crippen molar-refractivity contribution in [2.75, 3.05) is 21.3 Å². The molecule has 0 aliphatic carbocycles. The minimum Gasteiger partial charge on any atom is -0.377 e. The Balaban J connectivity index is 2.40. The van der Waals surface area contributed by atoms with E-state index in [0.29, 0.717) is 6.04 Å². The first-order valence-electron chi connectivity index (χ1n) is 7.58. The molecule has 1 aromatic carbocycles. The topological polar surface area (TPSA) is 32.6 Å². The Kier molecular flexibility index (Phi) is 5.96. The van der Waals surface area contributed by atoms with Crippen LogP contribution in [0.3, 0.4) is 0 Å². The van der Waals surface area contributed by atoms with Gasteiger partial charge in [0.05, 0.1) is 0 Å². The molecule has 0 bridgehead atoms. The molecule has 2 aromatic rings. The molecule has 5 heteroatoms. The Bertz CT molecular complexity index is 585. The maximum atomic E-state index is 5.58. The zero-order chi connectivity index (χ0) is 16.0. The second-order valence-electron chi connectivity index (χ2n) is 5.22. The molecule has 0 saturated heterocycles. The quantitative estimate of drug-likeness (QED) is 0.698. The zero-order valence-corrected chi connectivity index (χ0v) is 14.8. The molecule has 0 atom stereocenters. The molecule has 0 unspecified atom stereocenters. The molecule has 120 valence electrons. The van der Waals surface area contributed by atoms with Crippen LogP contribution in [0, 0.1) is 0 Å². The molecular formula is C17H25NO3Si.